The Kier molecular flexibility index (Phi) is 7.55. The van der Waals surface area contributed by atoms with E-state index in [-0.39, 0.29) is 23.5 Å². The Morgan fingerprint density at radius 2 is 2.22 bits per heavy atom. The van der Waals surface area contributed by atoms with Gasteiger partial charge in [0, 0.05) is 23.7 Å². The molecular weight excluding hydrogens is 390 g/mol. The maximum Gasteiger partial charge on any atom is 0.308 e. The van der Waals surface area contributed by atoms with Gasteiger partial charge >= 0.3 is 5.97 Å². The van der Waals surface area contributed by atoms with Gasteiger partial charge in [0.15, 0.2) is 5.11 Å². The highest BCUT2D eigenvalue weighted by Crippen LogP contribution is 2.14. The van der Waals surface area contributed by atoms with Gasteiger partial charge in [0.2, 0.25) is 5.91 Å². The number of thiocarbonyl (C=S) groups is 1. The zero-order valence-corrected chi connectivity index (χ0v) is 16.7. The van der Waals surface area contributed by atoms with Crippen LogP contribution in [0.3, 0.4) is 0 Å². The molecule has 27 heavy (non-hydrogen) atoms. The van der Waals surface area contributed by atoms with E-state index in [0.29, 0.717) is 30.1 Å². The van der Waals surface area contributed by atoms with Crippen molar-refractivity contribution in [1.82, 2.24) is 15.5 Å². The molecule has 2 amide bonds. The van der Waals surface area contributed by atoms with E-state index >= 15 is 0 Å². The van der Waals surface area contributed by atoms with Crippen molar-refractivity contribution in [2.45, 2.75) is 38.8 Å². The Labute approximate surface area is 168 Å². The molecule has 1 aliphatic rings. The summed E-state index contributed by atoms with van der Waals surface area (Å²) in [7, 11) is 0. The van der Waals surface area contributed by atoms with E-state index in [1.165, 1.54) is 11.0 Å². The zero-order valence-electron chi connectivity index (χ0n) is 15.2. The number of esters is 1. The fourth-order valence-electron chi connectivity index (χ4n) is 2.55. The quantitative estimate of drug-likeness (QED) is 0.568. The largest absolute Gasteiger partial charge is 0.463 e. The van der Waals surface area contributed by atoms with Gasteiger partial charge in [-0.15, -0.1) is 0 Å². The molecule has 9 heteroatoms. The summed E-state index contributed by atoms with van der Waals surface area (Å²) in [6.07, 6.45) is 0.302. The standard InChI is InChI=1S/C18H22ClN3O4S/c1-3-11(2)26-15(23)10-14-17(25)20-7-8-22(14)18(27)21-16(24)12-5-4-6-13(19)9-12/h4-6,9,11,14H,3,7-8,10H2,1-2H3,(H,20,25)(H,21,24,27). The van der Waals surface area contributed by atoms with Gasteiger partial charge in [-0.1, -0.05) is 24.6 Å². The van der Waals surface area contributed by atoms with Crippen molar-refractivity contribution in [2.75, 3.05) is 13.1 Å². The minimum absolute atomic E-state index is 0.0798. The number of amides is 2. The number of piperazine rings is 1. The third-order valence-electron chi connectivity index (χ3n) is 4.17. The van der Waals surface area contributed by atoms with E-state index < -0.39 is 17.9 Å². The molecule has 1 aromatic rings. The van der Waals surface area contributed by atoms with Crippen molar-refractivity contribution in [3.8, 4) is 0 Å². The lowest BCUT2D eigenvalue weighted by Gasteiger charge is -2.36. The number of hydrogen-bond donors (Lipinski definition) is 2. The van der Waals surface area contributed by atoms with E-state index in [1.54, 1.807) is 25.1 Å². The molecular formula is C18H22ClN3O4S. The van der Waals surface area contributed by atoms with Gasteiger partial charge in [0.1, 0.15) is 6.04 Å². The Bertz CT molecular complexity index is 743. The van der Waals surface area contributed by atoms with Crippen molar-refractivity contribution < 1.29 is 19.1 Å². The summed E-state index contributed by atoms with van der Waals surface area (Å²) in [5.74, 6) is -1.25. The molecule has 2 N–H and O–H groups in total. The molecule has 146 valence electrons. The van der Waals surface area contributed by atoms with Crippen LogP contribution in [0.15, 0.2) is 24.3 Å². The van der Waals surface area contributed by atoms with Crippen LogP contribution in [0.2, 0.25) is 5.02 Å². The Hall–Kier alpha value is -2.19. The first-order chi connectivity index (χ1) is 12.8. The highest BCUT2D eigenvalue weighted by Gasteiger charge is 2.34. The average molecular weight is 412 g/mol. The van der Waals surface area contributed by atoms with Crippen LogP contribution in [0.25, 0.3) is 0 Å². The molecule has 1 heterocycles. The summed E-state index contributed by atoms with van der Waals surface area (Å²) in [6.45, 7) is 4.43. The number of carbonyl (C=O) groups excluding carboxylic acids is 3. The van der Waals surface area contributed by atoms with Crippen molar-refractivity contribution in [3.05, 3.63) is 34.9 Å². The maximum absolute atomic E-state index is 12.4. The number of rotatable bonds is 5. The summed E-state index contributed by atoms with van der Waals surface area (Å²) in [5, 5.41) is 5.81. The second kappa shape index (κ2) is 9.66. The Morgan fingerprint density at radius 3 is 2.89 bits per heavy atom. The Morgan fingerprint density at radius 1 is 1.48 bits per heavy atom. The smallest absolute Gasteiger partial charge is 0.308 e. The van der Waals surface area contributed by atoms with E-state index in [4.69, 9.17) is 28.6 Å². The summed E-state index contributed by atoms with van der Waals surface area (Å²) >= 11 is 11.2. The highest BCUT2D eigenvalue weighted by molar-refractivity contribution is 7.80. The normalized spacial score (nSPS) is 17.7. The molecule has 1 fully saturated rings. The van der Waals surface area contributed by atoms with Crippen LogP contribution < -0.4 is 10.6 Å². The number of carbonyl (C=O) groups is 3. The SMILES string of the molecule is CCC(C)OC(=O)CC1C(=O)NCCN1C(=S)NC(=O)c1cccc(Cl)c1. The summed E-state index contributed by atoms with van der Waals surface area (Å²) in [5.41, 5.74) is 0.346. The van der Waals surface area contributed by atoms with Crippen molar-refractivity contribution in [1.29, 1.82) is 0 Å². The van der Waals surface area contributed by atoms with Crippen molar-refractivity contribution in [2.24, 2.45) is 0 Å². The summed E-state index contributed by atoms with van der Waals surface area (Å²) < 4.78 is 5.25. The fourth-order valence-corrected chi connectivity index (χ4v) is 3.05. The van der Waals surface area contributed by atoms with Gasteiger partial charge < -0.3 is 15.0 Å². The van der Waals surface area contributed by atoms with Crippen LogP contribution in [0.1, 0.15) is 37.0 Å². The molecule has 0 aliphatic carbocycles. The molecule has 2 unspecified atom stereocenters. The predicted octanol–water partition coefficient (Wildman–Crippen LogP) is 1.89. The number of nitrogens with one attached hydrogen (secondary N) is 2. The first-order valence-electron chi connectivity index (χ1n) is 8.66. The predicted molar refractivity (Wildman–Crippen MR) is 105 cm³/mol. The van der Waals surface area contributed by atoms with Crippen LogP contribution in [0.5, 0.6) is 0 Å². The van der Waals surface area contributed by atoms with Gasteiger partial charge in [0.05, 0.1) is 12.5 Å². The summed E-state index contributed by atoms with van der Waals surface area (Å²) in [4.78, 5) is 38.3. The first-order valence-corrected chi connectivity index (χ1v) is 9.45. The molecule has 7 nitrogen and oxygen atoms in total. The third-order valence-corrected chi connectivity index (χ3v) is 4.74. The van der Waals surface area contributed by atoms with E-state index in [9.17, 15) is 14.4 Å². The monoisotopic (exact) mass is 411 g/mol. The van der Waals surface area contributed by atoms with Crippen LogP contribution in [0.4, 0.5) is 0 Å². The van der Waals surface area contributed by atoms with Gasteiger partial charge in [-0.05, 0) is 43.8 Å². The molecule has 1 saturated heterocycles. The molecule has 0 radical (unpaired) electrons. The number of halogens is 1. The average Bonchev–Trinajstić information content (AvgIpc) is 2.63. The molecule has 0 aromatic heterocycles. The molecule has 1 aromatic carbocycles. The lowest BCUT2D eigenvalue weighted by atomic mass is 10.1. The summed E-state index contributed by atoms with van der Waals surface area (Å²) in [6, 6.07) is 5.60. The number of nitrogens with zero attached hydrogens (tertiary/aromatic N) is 1. The highest BCUT2D eigenvalue weighted by atomic mass is 35.5. The molecule has 1 aliphatic heterocycles. The fraction of sp³-hybridized carbons (Fsp3) is 0.444. The van der Waals surface area contributed by atoms with Crippen LogP contribution in [-0.4, -0.2) is 53.0 Å². The first kappa shape index (κ1) is 21.1. The van der Waals surface area contributed by atoms with Gasteiger partial charge in [-0.3, -0.25) is 19.7 Å². The Balaban J connectivity index is 2.06. The lowest BCUT2D eigenvalue weighted by molar-refractivity contribution is -0.151. The van der Waals surface area contributed by atoms with E-state index in [0.717, 1.165) is 0 Å². The minimum atomic E-state index is -0.831. The molecule has 2 rings (SSSR count). The maximum atomic E-state index is 12.4. The third kappa shape index (κ3) is 5.90. The number of ether oxygens (including phenoxy) is 1. The van der Waals surface area contributed by atoms with Gasteiger partial charge in [-0.25, -0.2) is 0 Å². The molecule has 0 spiro atoms. The van der Waals surface area contributed by atoms with Crippen molar-refractivity contribution in [3.63, 3.8) is 0 Å². The van der Waals surface area contributed by atoms with Crippen molar-refractivity contribution >= 4 is 46.7 Å². The molecule has 0 saturated carbocycles. The van der Waals surface area contributed by atoms with E-state index in [1.807, 2.05) is 6.92 Å². The van der Waals surface area contributed by atoms with Gasteiger partial charge in [0.25, 0.3) is 5.91 Å². The molecule has 0 bridgehead atoms. The van der Waals surface area contributed by atoms with Gasteiger partial charge in [-0.2, -0.15) is 0 Å². The van der Waals surface area contributed by atoms with Crippen LogP contribution >= 0.6 is 23.8 Å². The second-order valence-electron chi connectivity index (χ2n) is 6.18. The lowest BCUT2D eigenvalue weighted by Crippen LogP contribution is -2.60. The number of benzene rings is 1. The zero-order chi connectivity index (χ0) is 20.0. The minimum Gasteiger partial charge on any atom is -0.463 e. The van der Waals surface area contributed by atoms with E-state index in [2.05, 4.69) is 10.6 Å². The second-order valence-corrected chi connectivity index (χ2v) is 7.01. The van der Waals surface area contributed by atoms with Crippen LogP contribution in [0, 0.1) is 0 Å². The molecule has 2 atom stereocenters. The van der Waals surface area contributed by atoms with Crippen LogP contribution in [-0.2, 0) is 14.3 Å². The number of hydrogen-bond acceptors (Lipinski definition) is 5. The topological polar surface area (TPSA) is 87.7 Å².